The fraction of sp³-hybridized carbons (Fsp3) is 0.579. The molecule has 1 aromatic rings. The van der Waals surface area contributed by atoms with Crippen LogP contribution in [0.4, 0.5) is 5.69 Å². The fourth-order valence-corrected chi connectivity index (χ4v) is 3.05. The monoisotopic (exact) mass is 458 g/mol. The predicted octanol–water partition coefficient (Wildman–Crippen LogP) is 4.00. The number of hydrogen-bond donors (Lipinski definition) is 3. The molecule has 1 heterocycles. The SMILES string of the molecule is CCCCCCCCNC(N)=NCC1CC(=O)Nc2ccccc21.I. The first kappa shape index (κ1) is 21.7. The number of unbranched alkanes of at least 4 members (excludes halogenated alkanes) is 5. The number of halogens is 1. The minimum Gasteiger partial charge on any atom is -0.370 e. The molecular weight excluding hydrogens is 427 g/mol. The van der Waals surface area contributed by atoms with Crippen LogP contribution >= 0.6 is 24.0 Å². The smallest absolute Gasteiger partial charge is 0.225 e. The molecule has 1 atom stereocenters. The Morgan fingerprint density at radius 3 is 2.76 bits per heavy atom. The lowest BCUT2D eigenvalue weighted by Gasteiger charge is -2.24. The first-order chi connectivity index (χ1) is 11.7. The van der Waals surface area contributed by atoms with Gasteiger partial charge in [-0.15, -0.1) is 24.0 Å². The summed E-state index contributed by atoms with van der Waals surface area (Å²) in [5, 5.41) is 6.08. The highest BCUT2D eigenvalue weighted by molar-refractivity contribution is 14.0. The summed E-state index contributed by atoms with van der Waals surface area (Å²) in [5.74, 6) is 0.629. The molecular formula is C19H31IN4O. The van der Waals surface area contributed by atoms with Crippen LogP contribution < -0.4 is 16.4 Å². The van der Waals surface area contributed by atoms with Crippen LogP contribution in [0.1, 0.15) is 63.4 Å². The van der Waals surface area contributed by atoms with E-state index in [1.54, 1.807) is 0 Å². The summed E-state index contributed by atoms with van der Waals surface area (Å²) in [4.78, 5) is 16.2. The van der Waals surface area contributed by atoms with E-state index in [0.717, 1.165) is 24.2 Å². The van der Waals surface area contributed by atoms with Gasteiger partial charge in [0.05, 0.1) is 6.54 Å². The number of rotatable bonds is 9. The molecule has 25 heavy (non-hydrogen) atoms. The van der Waals surface area contributed by atoms with Crippen molar-refractivity contribution in [2.75, 3.05) is 18.4 Å². The third-order valence-corrected chi connectivity index (χ3v) is 4.42. The van der Waals surface area contributed by atoms with Crippen molar-refractivity contribution in [3.05, 3.63) is 29.8 Å². The van der Waals surface area contributed by atoms with E-state index in [0.29, 0.717) is 18.9 Å². The number of para-hydroxylation sites is 1. The molecule has 1 amide bonds. The molecule has 1 aromatic carbocycles. The van der Waals surface area contributed by atoms with Crippen LogP contribution in [0.5, 0.6) is 0 Å². The molecule has 0 fully saturated rings. The summed E-state index contributed by atoms with van der Waals surface area (Å²) < 4.78 is 0. The zero-order valence-corrected chi connectivity index (χ0v) is 17.4. The highest BCUT2D eigenvalue weighted by Gasteiger charge is 2.24. The minimum atomic E-state index is 0. The maximum Gasteiger partial charge on any atom is 0.225 e. The van der Waals surface area contributed by atoms with Crippen LogP contribution in [0.2, 0.25) is 0 Å². The number of nitrogens with two attached hydrogens (primary N) is 1. The van der Waals surface area contributed by atoms with Crippen LogP contribution in [0.3, 0.4) is 0 Å². The Hall–Kier alpha value is -1.31. The first-order valence-corrected chi connectivity index (χ1v) is 9.13. The molecule has 6 heteroatoms. The maximum atomic E-state index is 11.8. The molecule has 2 rings (SSSR count). The normalized spacial score (nSPS) is 16.6. The van der Waals surface area contributed by atoms with E-state index in [9.17, 15) is 4.79 Å². The van der Waals surface area contributed by atoms with E-state index in [1.165, 1.54) is 32.1 Å². The van der Waals surface area contributed by atoms with Gasteiger partial charge in [-0.05, 0) is 18.1 Å². The number of amides is 1. The van der Waals surface area contributed by atoms with Gasteiger partial charge in [-0.2, -0.15) is 0 Å². The van der Waals surface area contributed by atoms with E-state index < -0.39 is 0 Å². The third-order valence-electron chi connectivity index (χ3n) is 4.42. The quantitative estimate of drug-likeness (QED) is 0.227. The lowest BCUT2D eigenvalue weighted by atomic mass is 9.91. The summed E-state index contributed by atoms with van der Waals surface area (Å²) in [6.45, 7) is 3.63. The fourth-order valence-electron chi connectivity index (χ4n) is 3.05. The molecule has 0 aliphatic carbocycles. The Balaban J connectivity index is 0.00000312. The lowest BCUT2D eigenvalue weighted by molar-refractivity contribution is -0.116. The van der Waals surface area contributed by atoms with Crippen LogP contribution in [-0.2, 0) is 4.79 Å². The van der Waals surface area contributed by atoms with Gasteiger partial charge in [0.15, 0.2) is 5.96 Å². The number of aliphatic imine (C=N–C) groups is 1. The van der Waals surface area contributed by atoms with Gasteiger partial charge >= 0.3 is 0 Å². The topological polar surface area (TPSA) is 79.5 Å². The van der Waals surface area contributed by atoms with Gasteiger partial charge in [-0.1, -0.05) is 57.2 Å². The molecule has 0 saturated carbocycles. The summed E-state index contributed by atoms with van der Waals surface area (Å²) in [7, 11) is 0. The Morgan fingerprint density at radius 2 is 1.96 bits per heavy atom. The number of guanidine groups is 1. The Labute approximate surface area is 168 Å². The van der Waals surface area contributed by atoms with E-state index in [1.807, 2.05) is 18.2 Å². The Morgan fingerprint density at radius 1 is 1.24 bits per heavy atom. The zero-order valence-electron chi connectivity index (χ0n) is 15.1. The molecule has 1 unspecified atom stereocenters. The van der Waals surface area contributed by atoms with Crippen molar-refractivity contribution >= 4 is 41.5 Å². The number of carbonyl (C=O) groups excluding carboxylic acids is 1. The Kier molecular flexibility index (Phi) is 10.5. The predicted molar refractivity (Wildman–Crippen MR) is 116 cm³/mol. The number of hydrogen-bond acceptors (Lipinski definition) is 2. The molecule has 0 spiro atoms. The largest absolute Gasteiger partial charge is 0.370 e. The van der Waals surface area contributed by atoms with E-state index >= 15 is 0 Å². The van der Waals surface area contributed by atoms with Gasteiger partial charge in [0, 0.05) is 24.6 Å². The second-order valence-electron chi connectivity index (χ2n) is 6.46. The number of nitrogens with zero attached hydrogens (tertiary/aromatic N) is 1. The van der Waals surface area contributed by atoms with Crippen LogP contribution in [0.15, 0.2) is 29.3 Å². The number of nitrogens with one attached hydrogen (secondary N) is 2. The van der Waals surface area contributed by atoms with Crippen molar-refractivity contribution in [2.45, 2.75) is 57.8 Å². The number of fused-ring (bicyclic) bond motifs is 1. The molecule has 0 bridgehead atoms. The van der Waals surface area contributed by atoms with E-state index in [-0.39, 0.29) is 35.8 Å². The summed E-state index contributed by atoms with van der Waals surface area (Å²) in [6, 6.07) is 7.91. The molecule has 1 aliphatic rings. The second kappa shape index (κ2) is 12.1. The molecule has 0 aromatic heterocycles. The molecule has 0 saturated heterocycles. The van der Waals surface area contributed by atoms with Gasteiger partial charge in [-0.25, -0.2) is 0 Å². The van der Waals surface area contributed by atoms with Gasteiger partial charge in [-0.3, -0.25) is 9.79 Å². The third kappa shape index (κ3) is 7.63. The molecule has 0 radical (unpaired) electrons. The second-order valence-corrected chi connectivity index (χ2v) is 6.46. The molecule has 1 aliphatic heterocycles. The van der Waals surface area contributed by atoms with Crippen molar-refractivity contribution in [2.24, 2.45) is 10.7 Å². The van der Waals surface area contributed by atoms with Gasteiger partial charge in [0.25, 0.3) is 0 Å². The minimum absolute atomic E-state index is 0. The average molecular weight is 458 g/mol. The van der Waals surface area contributed by atoms with Gasteiger partial charge in [0.2, 0.25) is 5.91 Å². The molecule has 4 N–H and O–H groups in total. The van der Waals surface area contributed by atoms with Crippen LogP contribution in [0, 0.1) is 0 Å². The van der Waals surface area contributed by atoms with E-state index in [2.05, 4.69) is 28.6 Å². The number of benzene rings is 1. The van der Waals surface area contributed by atoms with Gasteiger partial charge in [0.1, 0.15) is 0 Å². The van der Waals surface area contributed by atoms with Crippen LogP contribution in [0.25, 0.3) is 0 Å². The van der Waals surface area contributed by atoms with Crippen molar-refractivity contribution in [3.8, 4) is 0 Å². The highest BCUT2D eigenvalue weighted by Crippen LogP contribution is 2.31. The Bertz CT molecular complexity index is 562. The lowest BCUT2D eigenvalue weighted by Crippen LogP contribution is -2.33. The first-order valence-electron chi connectivity index (χ1n) is 9.13. The van der Waals surface area contributed by atoms with Crippen molar-refractivity contribution in [1.29, 1.82) is 0 Å². The standard InChI is InChI=1S/C19H30N4O.HI/c1-2-3-4-5-6-9-12-21-19(20)22-14-15-13-18(24)23-17-11-8-7-10-16(15)17;/h7-8,10-11,15H,2-6,9,12-14H2,1H3,(H,23,24)(H3,20,21,22);1H. The number of anilines is 1. The maximum absolute atomic E-state index is 11.8. The number of carbonyl (C=O) groups is 1. The molecule has 5 nitrogen and oxygen atoms in total. The van der Waals surface area contributed by atoms with Crippen molar-refractivity contribution in [1.82, 2.24) is 5.32 Å². The van der Waals surface area contributed by atoms with Crippen molar-refractivity contribution < 1.29 is 4.79 Å². The summed E-state index contributed by atoms with van der Waals surface area (Å²) >= 11 is 0. The summed E-state index contributed by atoms with van der Waals surface area (Å²) in [6.07, 6.45) is 8.04. The van der Waals surface area contributed by atoms with Crippen molar-refractivity contribution in [3.63, 3.8) is 0 Å². The van der Waals surface area contributed by atoms with Gasteiger partial charge < -0.3 is 16.4 Å². The average Bonchev–Trinajstić information content (AvgIpc) is 2.58. The highest BCUT2D eigenvalue weighted by atomic mass is 127. The summed E-state index contributed by atoms with van der Waals surface area (Å²) in [5.41, 5.74) is 7.99. The van der Waals surface area contributed by atoms with Crippen LogP contribution in [-0.4, -0.2) is 25.0 Å². The van der Waals surface area contributed by atoms with E-state index in [4.69, 9.17) is 5.73 Å². The molecule has 140 valence electrons. The zero-order chi connectivity index (χ0) is 17.2.